The summed E-state index contributed by atoms with van der Waals surface area (Å²) in [7, 11) is 0. The normalized spacial score (nSPS) is 17.9. The van der Waals surface area contributed by atoms with Gasteiger partial charge in [-0.3, -0.25) is 9.69 Å². The van der Waals surface area contributed by atoms with E-state index in [9.17, 15) is 4.79 Å². The van der Waals surface area contributed by atoms with E-state index in [1.807, 2.05) is 59.5 Å². The first kappa shape index (κ1) is 22.2. The summed E-state index contributed by atoms with van der Waals surface area (Å²) < 4.78 is 5.96. The lowest BCUT2D eigenvalue weighted by Crippen LogP contribution is -2.36. The lowest BCUT2D eigenvalue weighted by molar-refractivity contribution is -0.123. The van der Waals surface area contributed by atoms with E-state index in [0.29, 0.717) is 17.4 Å². The van der Waals surface area contributed by atoms with Crippen LogP contribution in [-0.2, 0) is 4.79 Å². The summed E-state index contributed by atoms with van der Waals surface area (Å²) in [5, 5.41) is 0.727. The van der Waals surface area contributed by atoms with Crippen molar-refractivity contribution in [3.8, 4) is 5.75 Å². The molecule has 0 saturated carbocycles. The van der Waals surface area contributed by atoms with Gasteiger partial charge in [0.15, 0.2) is 5.17 Å². The zero-order valence-corrected chi connectivity index (χ0v) is 19.2. The zero-order chi connectivity index (χ0) is 21.7. The molecular weight excluding hydrogens is 392 g/mol. The van der Waals surface area contributed by atoms with Gasteiger partial charge in [-0.05, 0) is 62.2 Å². The molecular formula is C25H30N2O2S. The topological polar surface area (TPSA) is 41.9 Å². The van der Waals surface area contributed by atoms with Gasteiger partial charge in [-0.15, -0.1) is 0 Å². The first-order valence-electron chi connectivity index (χ1n) is 10.5. The Morgan fingerprint density at radius 3 is 2.47 bits per heavy atom. The summed E-state index contributed by atoms with van der Waals surface area (Å²) in [4.78, 5) is 20.5. The summed E-state index contributed by atoms with van der Waals surface area (Å²) in [6, 6.07) is 16.0. The molecule has 2 aromatic carbocycles. The van der Waals surface area contributed by atoms with Crippen molar-refractivity contribution < 1.29 is 9.53 Å². The molecule has 158 valence electrons. The smallest absolute Gasteiger partial charge is 0.267 e. The minimum absolute atomic E-state index is 0.00104. The molecule has 0 N–H and O–H groups in total. The number of para-hydroxylation sites is 1. The Morgan fingerprint density at radius 1 is 1.10 bits per heavy atom. The fraction of sp³-hybridized carbons (Fsp3) is 0.360. The van der Waals surface area contributed by atoms with E-state index < -0.39 is 0 Å². The van der Waals surface area contributed by atoms with Crippen molar-refractivity contribution >= 4 is 34.6 Å². The number of carbonyl (C=O) groups is 1. The predicted molar refractivity (Wildman–Crippen MR) is 127 cm³/mol. The Hall–Kier alpha value is -2.53. The van der Waals surface area contributed by atoms with Crippen LogP contribution in [0.5, 0.6) is 5.75 Å². The lowest BCUT2D eigenvalue weighted by atomic mass is 10.1. The first-order valence-corrected chi connectivity index (χ1v) is 11.3. The van der Waals surface area contributed by atoms with Gasteiger partial charge in [0.1, 0.15) is 5.75 Å². The standard InChI is InChI=1S/C25H30N2O2S/c1-6-19(5)27-24(28)23(30-25(27)26-21-13-11-18(4)12-14-21)15-20-9-7-8-10-22(20)29-16-17(2)3/h7-15,17,19H,6,16H2,1-5H3/b23-15+,26-25?/t19-/m0/s1. The summed E-state index contributed by atoms with van der Waals surface area (Å²) in [6.07, 6.45) is 2.79. The van der Waals surface area contributed by atoms with E-state index in [2.05, 4.69) is 34.6 Å². The number of carbonyl (C=O) groups excluding carboxylic acids is 1. The highest BCUT2D eigenvalue weighted by Crippen LogP contribution is 2.37. The number of benzene rings is 2. The second-order valence-electron chi connectivity index (χ2n) is 8.02. The van der Waals surface area contributed by atoms with Crippen molar-refractivity contribution in [1.29, 1.82) is 0 Å². The van der Waals surface area contributed by atoms with Crippen LogP contribution < -0.4 is 4.74 Å². The summed E-state index contributed by atoms with van der Waals surface area (Å²) in [5.74, 6) is 1.23. The second kappa shape index (κ2) is 9.98. The summed E-state index contributed by atoms with van der Waals surface area (Å²) in [6.45, 7) is 11.1. The van der Waals surface area contributed by atoms with Gasteiger partial charge in [0.2, 0.25) is 0 Å². The average molecular weight is 423 g/mol. The van der Waals surface area contributed by atoms with Gasteiger partial charge >= 0.3 is 0 Å². The van der Waals surface area contributed by atoms with E-state index >= 15 is 0 Å². The monoisotopic (exact) mass is 422 g/mol. The maximum atomic E-state index is 13.3. The SMILES string of the molecule is CC[C@H](C)N1C(=O)/C(=C\c2ccccc2OCC(C)C)SC1=Nc1ccc(C)cc1. The van der Waals surface area contributed by atoms with Crippen LogP contribution in [0.25, 0.3) is 6.08 Å². The number of amides is 1. The number of aliphatic imine (C=N–C) groups is 1. The largest absolute Gasteiger partial charge is 0.493 e. The van der Waals surface area contributed by atoms with Crippen LogP contribution in [0.15, 0.2) is 58.4 Å². The van der Waals surface area contributed by atoms with Crippen molar-refractivity contribution in [2.75, 3.05) is 6.61 Å². The summed E-state index contributed by atoms with van der Waals surface area (Å²) >= 11 is 1.43. The van der Waals surface area contributed by atoms with E-state index in [1.165, 1.54) is 17.3 Å². The molecule has 5 heteroatoms. The minimum Gasteiger partial charge on any atom is -0.493 e. The first-order chi connectivity index (χ1) is 14.4. The fourth-order valence-corrected chi connectivity index (χ4v) is 4.08. The lowest BCUT2D eigenvalue weighted by Gasteiger charge is -2.22. The number of hydrogen-bond donors (Lipinski definition) is 0. The Balaban J connectivity index is 1.95. The van der Waals surface area contributed by atoms with Crippen LogP contribution in [0.1, 0.15) is 45.2 Å². The highest BCUT2D eigenvalue weighted by Gasteiger charge is 2.36. The molecule has 0 spiro atoms. The van der Waals surface area contributed by atoms with Gasteiger partial charge in [-0.25, -0.2) is 4.99 Å². The quantitative estimate of drug-likeness (QED) is 0.483. The van der Waals surface area contributed by atoms with E-state index in [0.717, 1.165) is 28.6 Å². The van der Waals surface area contributed by atoms with Gasteiger partial charge in [0.05, 0.1) is 17.2 Å². The highest BCUT2D eigenvalue weighted by molar-refractivity contribution is 8.18. The van der Waals surface area contributed by atoms with Crippen LogP contribution in [0.3, 0.4) is 0 Å². The minimum atomic E-state index is -0.00104. The number of aryl methyl sites for hydroxylation is 1. The molecule has 1 amide bonds. The third kappa shape index (κ3) is 5.33. The Morgan fingerprint density at radius 2 is 1.80 bits per heavy atom. The molecule has 4 nitrogen and oxygen atoms in total. The van der Waals surface area contributed by atoms with Crippen molar-refractivity contribution in [1.82, 2.24) is 4.90 Å². The molecule has 0 unspecified atom stereocenters. The maximum Gasteiger partial charge on any atom is 0.267 e. The number of rotatable bonds is 7. The molecule has 0 radical (unpaired) electrons. The molecule has 1 fully saturated rings. The number of nitrogens with zero attached hydrogens (tertiary/aromatic N) is 2. The number of amidine groups is 1. The van der Waals surface area contributed by atoms with Crippen LogP contribution in [0.4, 0.5) is 5.69 Å². The summed E-state index contributed by atoms with van der Waals surface area (Å²) in [5.41, 5.74) is 2.95. The molecule has 0 aromatic heterocycles. The third-order valence-electron chi connectivity index (χ3n) is 4.90. The highest BCUT2D eigenvalue weighted by atomic mass is 32.2. The molecule has 0 bridgehead atoms. The van der Waals surface area contributed by atoms with Crippen LogP contribution in [-0.4, -0.2) is 28.6 Å². The van der Waals surface area contributed by atoms with E-state index in [4.69, 9.17) is 9.73 Å². The van der Waals surface area contributed by atoms with Gasteiger partial charge in [-0.2, -0.15) is 0 Å². The van der Waals surface area contributed by atoms with Gasteiger partial charge in [-0.1, -0.05) is 56.7 Å². The van der Waals surface area contributed by atoms with Crippen molar-refractivity contribution in [2.24, 2.45) is 10.9 Å². The van der Waals surface area contributed by atoms with Gasteiger partial charge < -0.3 is 4.74 Å². The number of ether oxygens (including phenoxy) is 1. The molecule has 1 saturated heterocycles. The molecule has 2 aromatic rings. The Kier molecular flexibility index (Phi) is 7.38. The number of thioether (sulfide) groups is 1. The molecule has 1 heterocycles. The van der Waals surface area contributed by atoms with Gasteiger partial charge in [0.25, 0.3) is 5.91 Å². The fourth-order valence-electron chi connectivity index (χ4n) is 2.99. The zero-order valence-electron chi connectivity index (χ0n) is 18.4. The molecule has 1 aliphatic heterocycles. The molecule has 30 heavy (non-hydrogen) atoms. The van der Waals surface area contributed by atoms with Crippen LogP contribution >= 0.6 is 11.8 Å². The van der Waals surface area contributed by atoms with E-state index in [-0.39, 0.29) is 11.9 Å². The molecule has 1 aliphatic rings. The van der Waals surface area contributed by atoms with Crippen molar-refractivity contribution in [2.45, 2.75) is 47.1 Å². The average Bonchev–Trinajstić information content (AvgIpc) is 3.03. The Labute approximate surface area is 184 Å². The van der Waals surface area contributed by atoms with Crippen molar-refractivity contribution in [3.05, 3.63) is 64.6 Å². The second-order valence-corrected chi connectivity index (χ2v) is 9.02. The molecule has 3 rings (SSSR count). The van der Waals surface area contributed by atoms with Gasteiger partial charge in [0, 0.05) is 11.6 Å². The van der Waals surface area contributed by atoms with E-state index in [1.54, 1.807) is 0 Å². The predicted octanol–water partition coefficient (Wildman–Crippen LogP) is 6.43. The number of hydrogen-bond acceptors (Lipinski definition) is 4. The van der Waals surface area contributed by atoms with Crippen LogP contribution in [0, 0.1) is 12.8 Å². The third-order valence-corrected chi connectivity index (χ3v) is 5.89. The van der Waals surface area contributed by atoms with Crippen molar-refractivity contribution in [3.63, 3.8) is 0 Å². The van der Waals surface area contributed by atoms with Crippen LogP contribution in [0.2, 0.25) is 0 Å². The maximum absolute atomic E-state index is 13.3. The molecule has 1 atom stereocenters. The Bertz CT molecular complexity index is 948. The molecule has 0 aliphatic carbocycles.